The maximum atomic E-state index is 2.45. The lowest BCUT2D eigenvalue weighted by Gasteiger charge is -2.20. The summed E-state index contributed by atoms with van der Waals surface area (Å²) < 4.78 is 0. The summed E-state index contributed by atoms with van der Waals surface area (Å²) in [5.41, 5.74) is 31.2. The van der Waals surface area contributed by atoms with E-state index in [1.54, 1.807) is 0 Å². The number of hydrogen-bond acceptors (Lipinski definition) is 0. The van der Waals surface area contributed by atoms with Crippen molar-refractivity contribution < 1.29 is 0 Å². The van der Waals surface area contributed by atoms with Crippen molar-refractivity contribution in [3.8, 4) is 66.8 Å². The summed E-state index contributed by atoms with van der Waals surface area (Å²) in [6.07, 6.45) is 0. The molecular formula is C56H60. The van der Waals surface area contributed by atoms with Crippen molar-refractivity contribution in [1.82, 2.24) is 0 Å². The summed E-state index contributed by atoms with van der Waals surface area (Å²) in [5.74, 6) is 0. The molecule has 0 unspecified atom stereocenters. The Hall–Kier alpha value is -5.46. The third-order valence-corrected chi connectivity index (χ3v) is 12.2. The Morgan fingerprint density at radius 2 is 0.518 bits per heavy atom. The molecule has 0 aliphatic carbocycles. The van der Waals surface area contributed by atoms with Crippen molar-refractivity contribution in [3.05, 3.63) is 176 Å². The third-order valence-electron chi connectivity index (χ3n) is 12.2. The second-order valence-electron chi connectivity index (χ2n) is 16.1. The number of aryl methyl sites for hydroxylation is 9. The van der Waals surface area contributed by atoms with Gasteiger partial charge in [-0.2, -0.15) is 0 Å². The number of benzene rings is 7. The Labute approximate surface area is 338 Å². The van der Waals surface area contributed by atoms with Crippen molar-refractivity contribution in [2.24, 2.45) is 0 Å². The van der Waals surface area contributed by atoms with Crippen LogP contribution in [-0.2, 0) is 0 Å². The van der Waals surface area contributed by atoms with E-state index in [1.807, 2.05) is 13.8 Å². The predicted octanol–water partition coefficient (Wildman–Crippen LogP) is 16.4. The van der Waals surface area contributed by atoms with Crippen LogP contribution in [0.25, 0.3) is 66.8 Å². The van der Waals surface area contributed by atoms with Gasteiger partial charge in [-0.1, -0.05) is 98.8 Å². The lowest BCUT2D eigenvalue weighted by molar-refractivity contribution is 1.26. The molecule has 0 amide bonds. The van der Waals surface area contributed by atoms with E-state index in [9.17, 15) is 0 Å². The van der Waals surface area contributed by atoms with Gasteiger partial charge in [-0.15, -0.1) is 0 Å². The highest BCUT2D eigenvalue weighted by molar-refractivity contribution is 5.92. The zero-order valence-corrected chi connectivity index (χ0v) is 36.4. The van der Waals surface area contributed by atoms with Gasteiger partial charge >= 0.3 is 0 Å². The summed E-state index contributed by atoms with van der Waals surface area (Å²) in [5, 5.41) is 0. The van der Waals surface area contributed by atoms with Gasteiger partial charge in [-0.3, -0.25) is 0 Å². The Bertz CT molecular complexity index is 2500. The van der Waals surface area contributed by atoms with Crippen LogP contribution in [0.4, 0.5) is 0 Å². The van der Waals surface area contributed by atoms with Crippen LogP contribution in [0.5, 0.6) is 0 Å². The summed E-state index contributed by atoms with van der Waals surface area (Å²) >= 11 is 0. The van der Waals surface area contributed by atoms with E-state index in [1.165, 1.54) is 134 Å². The molecule has 0 aliphatic rings. The number of rotatable bonds is 6. The van der Waals surface area contributed by atoms with Crippen molar-refractivity contribution in [2.75, 3.05) is 0 Å². The fraction of sp³-hybridized carbons (Fsp3) is 0.250. The lowest BCUT2D eigenvalue weighted by Crippen LogP contribution is -1.97. The van der Waals surface area contributed by atoms with E-state index >= 15 is 0 Å². The molecule has 0 aliphatic heterocycles. The minimum atomic E-state index is 1.22. The van der Waals surface area contributed by atoms with Crippen molar-refractivity contribution >= 4 is 0 Å². The molecule has 0 saturated carbocycles. The first-order valence-electron chi connectivity index (χ1n) is 20.4. The van der Waals surface area contributed by atoms with E-state index < -0.39 is 0 Å². The van der Waals surface area contributed by atoms with Crippen LogP contribution in [0.3, 0.4) is 0 Å². The highest BCUT2D eigenvalue weighted by Gasteiger charge is 2.18. The van der Waals surface area contributed by atoms with Gasteiger partial charge in [-0.25, -0.2) is 0 Å². The van der Waals surface area contributed by atoms with Crippen LogP contribution < -0.4 is 0 Å². The first-order chi connectivity index (χ1) is 26.7. The SMILES string of the molecule is CC.Cc1cc(-c2cc(-c3cc(-c4ccccc4)cc(-c4cc(C)c(-c5cc(C)c(C)c(C)c5)c(C)c4)c3)cc(C)c2-c2cc(C)c(C)c(C)c2)cc(C)c1C. The van der Waals surface area contributed by atoms with Gasteiger partial charge in [0.05, 0.1) is 0 Å². The molecular weight excluding hydrogens is 673 g/mol. The summed E-state index contributed by atoms with van der Waals surface area (Å²) in [6.45, 7) is 31.0. The lowest BCUT2D eigenvalue weighted by atomic mass is 9.84. The minimum absolute atomic E-state index is 1.22. The average Bonchev–Trinajstić information content (AvgIpc) is 3.18. The fourth-order valence-electron chi connectivity index (χ4n) is 8.46. The van der Waals surface area contributed by atoms with Crippen molar-refractivity contribution in [2.45, 2.75) is 96.9 Å². The minimum Gasteiger partial charge on any atom is -0.0683 e. The molecule has 0 spiro atoms. The summed E-state index contributed by atoms with van der Waals surface area (Å²) in [4.78, 5) is 0. The molecule has 0 aromatic heterocycles. The van der Waals surface area contributed by atoms with Crippen LogP contribution in [0.2, 0.25) is 0 Å². The molecule has 56 heavy (non-hydrogen) atoms. The largest absolute Gasteiger partial charge is 0.0683 e. The standard InChI is InChI=1S/C54H54.C2H6/c1-31-18-49(19-32(2)40(31)10)52-30-45(26-39(9)54(52)51-22-35(5)42(12)36(6)23-51)48-28-46(43-16-14-13-15-17-43)27-47(29-48)44-24-37(7)53(38(8)25-44)50-20-33(3)41(11)34(4)21-50;1-2/h13-30H,1-12H3;1-2H3. The quantitative estimate of drug-likeness (QED) is 0.160. The molecule has 0 nitrogen and oxygen atoms in total. The molecule has 0 radical (unpaired) electrons. The fourth-order valence-corrected chi connectivity index (χ4v) is 8.46. The summed E-state index contributed by atoms with van der Waals surface area (Å²) in [7, 11) is 0. The van der Waals surface area contributed by atoms with Crippen molar-refractivity contribution in [3.63, 3.8) is 0 Å². The maximum Gasteiger partial charge on any atom is -0.00755 e. The average molecular weight is 733 g/mol. The smallest absolute Gasteiger partial charge is 0.00755 e. The molecule has 0 fully saturated rings. The van der Waals surface area contributed by atoms with Crippen LogP contribution in [0.1, 0.15) is 80.6 Å². The molecule has 0 heterocycles. The second-order valence-corrected chi connectivity index (χ2v) is 16.1. The van der Waals surface area contributed by atoms with Crippen LogP contribution in [-0.4, -0.2) is 0 Å². The van der Waals surface area contributed by atoms with E-state index in [4.69, 9.17) is 0 Å². The Balaban J connectivity index is 0.00000262. The maximum absolute atomic E-state index is 2.45. The Morgan fingerprint density at radius 1 is 0.232 bits per heavy atom. The molecule has 0 heteroatoms. The Kier molecular flexibility index (Phi) is 11.7. The molecule has 7 aromatic carbocycles. The monoisotopic (exact) mass is 732 g/mol. The van der Waals surface area contributed by atoms with Crippen LogP contribution in [0.15, 0.2) is 109 Å². The molecule has 0 bridgehead atoms. The van der Waals surface area contributed by atoms with E-state index in [0.29, 0.717) is 0 Å². The topological polar surface area (TPSA) is 0 Å². The highest BCUT2D eigenvalue weighted by atomic mass is 14.2. The van der Waals surface area contributed by atoms with Gasteiger partial charge in [0.25, 0.3) is 0 Å². The third kappa shape index (κ3) is 7.81. The molecule has 0 saturated heterocycles. The van der Waals surface area contributed by atoms with Crippen molar-refractivity contribution in [1.29, 1.82) is 0 Å². The van der Waals surface area contributed by atoms with Gasteiger partial charge in [0.15, 0.2) is 0 Å². The normalized spacial score (nSPS) is 11.0. The van der Waals surface area contributed by atoms with E-state index in [2.05, 4.69) is 192 Å². The second kappa shape index (κ2) is 16.3. The van der Waals surface area contributed by atoms with Gasteiger partial charge in [-0.05, 0) is 241 Å². The first kappa shape index (κ1) is 40.2. The van der Waals surface area contributed by atoms with Gasteiger partial charge in [0.2, 0.25) is 0 Å². The zero-order valence-electron chi connectivity index (χ0n) is 36.4. The highest BCUT2D eigenvalue weighted by Crippen LogP contribution is 2.43. The van der Waals surface area contributed by atoms with E-state index in [-0.39, 0.29) is 0 Å². The first-order valence-corrected chi connectivity index (χ1v) is 20.4. The molecule has 7 aromatic rings. The molecule has 284 valence electrons. The van der Waals surface area contributed by atoms with Crippen LogP contribution >= 0.6 is 0 Å². The number of hydrogen-bond donors (Lipinski definition) is 0. The molecule has 0 N–H and O–H groups in total. The summed E-state index contributed by atoms with van der Waals surface area (Å²) in [6, 6.07) is 41.9. The molecule has 0 atom stereocenters. The van der Waals surface area contributed by atoms with Gasteiger partial charge < -0.3 is 0 Å². The van der Waals surface area contributed by atoms with Gasteiger partial charge in [0, 0.05) is 0 Å². The molecule has 7 rings (SSSR count). The van der Waals surface area contributed by atoms with Gasteiger partial charge in [0.1, 0.15) is 0 Å². The zero-order chi connectivity index (χ0) is 40.6. The predicted molar refractivity (Wildman–Crippen MR) is 247 cm³/mol. The van der Waals surface area contributed by atoms with Crippen LogP contribution in [0, 0.1) is 83.1 Å². The van der Waals surface area contributed by atoms with E-state index in [0.717, 1.165) is 0 Å². The Morgan fingerprint density at radius 3 is 0.929 bits per heavy atom.